The van der Waals surface area contributed by atoms with E-state index in [2.05, 4.69) is 22.5 Å². The van der Waals surface area contributed by atoms with Crippen molar-refractivity contribution in [1.29, 1.82) is 0 Å². The summed E-state index contributed by atoms with van der Waals surface area (Å²) in [6.45, 7) is 3.78. The predicted molar refractivity (Wildman–Crippen MR) is 70.3 cm³/mol. The molecule has 1 aliphatic rings. The van der Waals surface area contributed by atoms with Gasteiger partial charge in [0.1, 0.15) is 0 Å². The molecule has 1 rings (SSSR count). The molecule has 1 aliphatic heterocycles. The molecule has 7 heteroatoms. The largest absolute Gasteiger partial charge is 0.401 e. The van der Waals surface area contributed by atoms with Crippen molar-refractivity contribution >= 4 is 5.96 Å². The van der Waals surface area contributed by atoms with E-state index in [1.165, 1.54) is 4.90 Å². The van der Waals surface area contributed by atoms with Gasteiger partial charge in [-0.1, -0.05) is 6.92 Å². The van der Waals surface area contributed by atoms with E-state index in [9.17, 15) is 13.2 Å². The number of rotatable bonds is 5. The Morgan fingerprint density at radius 2 is 2.11 bits per heavy atom. The second-order valence-electron chi connectivity index (χ2n) is 4.88. The summed E-state index contributed by atoms with van der Waals surface area (Å²) in [4.78, 5) is 5.53. The van der Waals surface area contributed by atoms with Crippen LogP contribution in [0.1, 0.15) is 19.8 Å². The Hall–Kier alpha value is -0.980. The Balaban J connectivity index is 2.25. The van der Waals surface area contributed by atoms with E-state index in [1.54, 1.807) is 7.05 Å². The average molecular weight is 280 g/mol. The van der Waals surface area contributed by atoms with Gasteiger partial charge >= 0.3 is 6.18 Å². The number of halogens is 3. The molecule has 112 valence electrons. The normalized spacial score (nSPS) is 21.7. The van der Waals surface area contributed by atoms with E-state index < -0.39 is 12.7 Å². The highest BCUT2D eigenvalue weighted by Gasteiger charge is 2.34. The van der Waals surface area contributed by atoms with Gasteiger partial charge in [0.15, 0.2) is 5.96 Å². The maximum Gasteiger partial charge on any atom is 0.401 e. The molecular weight excluding hydrogens is 257 g/mol. The minimum Gasteiger partial charge on any atom is -0.356 e. The van der Waals surface area contributed by atoms with Crippen molar-refractivity contribution in [2.45, 2.75) is 25.9 Å². The van der Waals surface area contributed by atoms with Crippen molar-refractivity contribution in [3.8, 4) is 0 Å². The number of hydrogen-bond acceptors (Lipinski definition) is 2. The van der Waals surface area contributed by atoms with Crippen LogP contribution in [0.3, 0.4) is 0 Å². The minimum absolute atomic E-state index is 0.252. The summed E-state index contributed by atoms with van der Waals surface area (Å²) >= 11 is 0. The molecule has 0 spiro atoms. The van der Waals surface area contributed by atoms with Crippen molar-refractivity contribution in [2.24, 2.45) is 10.9 Å². The second kappa shape index (κ2) is 7.57. The van der Waals surface area contributed by atoms with Gasteiger partial charge in [0.2, 0.25) is 0 Å². The minimum atomic E-state index is -4.10. The second-order valence-corrected chi connectivity index (χ2v) is 4.88. The van der Waals surface area contributed by atoms with Gasteiger partial charge in [0.25, 0.3) is 0 Å². The number of nitrogens with one attached hydrogen (secondary N) is 2. The molecule has 0 amide bonds. The van der Waals surface area contributed by atoms with Crippen LogP contribution in [0.5, 0.6) is 0 Å². The molecule has 0 radical (unpaired) electrons. The van der Waals surface area contributed by atoms with Crippen molar-refractivity contribution in [3.63, 3.8) is 0 Å². The van der Waals surface area contributed by atoms with E-state index in [4.69, 9.17) is 0 Å². The Labute approximate surface area is 112 Å². The van der Waals surface area contributed by atoms with E-state index in [0.29, 0.717) is 19.6 Å². The third kappa shape index (κ3) is 6.66. The number of likely N-dealkylation sites (tertiary alicyclic amines) is 1. The van der Waals surface area contributed by atoms with Crippen LogP contribution in [0.25, 0.3) is 0 Å². The van der Waals surface area contributed by atoms with Gasteiger partial charge < -0.3 is 10.6 Å². The van der Waals surface area contributed by atoms with Crippen molar-refractivity contribution in [3.05, 3.63) is 0 Å². The monoisotopic (exact) mass is 280 g/mol. The molecule has 1 unspecified atom stereocenters. The van der Waals surface area contributed by atoms with Crippen LogP contribution < -0.4 is 10.6 Å². The molecule has 0 aromatic rings. The van der Waals surface area contributed by atoms with Crippen LogP contribution in [0.4, 0.5) is 13.2 Å². The summed E-state index contributed by atoms with van der Waals surface area (Å²) in [7, 11) is 1.69. The van der Waals surface area contributed by atoms with Crippen LogP contribution >= 0.6 is 0 Å². The number of aliphatic imine (C=N–C) groups is 1. The lowest BCUT2D eigenvalue weighted by atomic mass is 10.1. The van der Waals surface area contributed by atoms with Crippen LogP contribution in [-0.2, 0) is 0 Å². The van der Waals surface area contributed by atoms with E-state index in [-0.39, 0.29) is 5.92 Å². The highest BCUT2D eigenvalue weighted by Crippen LogP contribution is 2.22. The Bertz CT molecular complexity index is 291. The first kappa shape index (κ1) is 16.1. The summed E-state index contributed by atoms with van der Waals surface area (Å²) in [5.74, 6) is 0.971. The van der Waals surface area contributed by atoms with Crippen LogP contribution in [0.2, 0.25) is 0 Å². The van der Waals surface area contributed by atoms with Crippen LogP contribution in [-0.4, -0.2) is 56.8 Å². The first-order valence-corrected chi connectivity index (χ1v) is 6.68. The molecule has 0 aromatic carbocycles. The van der Waals surface area contributed by atoms with Gasteiger partial charge in [0.05, 0.1) is 6.54 Å². The van der Waals surface area contributed by atoms with Gasteiger partial charge in [-0.05, 0) is 25.3 Å². The first-order valence-electron chi connectivity index (χ1n) is 6.68. The quantitative estimate of drug-likeness (QED) is 0.591. The van der Waals surface area contributed by atoms with Crippen LogP contribution in [0.15, 0.2) is 4.99 Å². The van der Waals surface area contributed by atoms with Crippen molar-refractivity contribution in [1.82, 2.24) is 15.5 Å². The molecule has 1 atom stereocenters. The van der Waals surface area contributed by atoms with E-state index in [1.807, 2.05) is 0 Å². The number of nitrogens with zero attached hydrogens (tertiary/aromatic N) is 2. The zero-order valence-electron chi connectivity index (χ0n) is 11.6. The predicted octanol–water partition coefficient (Wildman–Crippen LogP) is 1.45. The fraction of sp³-hybridized carbons (Fsp3) is 0.917. The molecule has 0 aromatic heterocycles. The lowest BCUT2D eigenvalue weighted by Gasteiger charge is -2.18. The molecule has 1 fully saturated rings. The topological polar surface area (TPSA) is 39.7 Å². The number of guanidine groups is 1. The lowest BCUT2D eigenvalue weighted by Crippen LogP contribution is -2.40. The highest BCUT2D eigenvalue weighted by molar-refractivity contribution is 5.79. The first-order chi connectivity index (χ1) is 8.94. The fourth-order valence-corrected chi connectivity index (χ4v) is 2.18. The summed E-state index contributed by atoms with van der Waals surface area (Å²) < 4.78 is 36.8. The SMILES string of the molecule is CCCNC(=NC)NCC1CCN(CC(F)(F)F)C1. The standard InChI is InChI=1S/C12H23F3N4/c1-3-5-17-11(16-2)18-7-10-4-6-19(8-10)9-12(13,14)15/h10H,3-9H2,1-2H3,(H2,16,17,18). The van der Waals surface area contributed by atoms with E-state index in [0.717, 1.165) is 25.3 Å². The van der Waals surface area contributed by atoms with Gasteiger partial charge in [-0.25, -0.2) is 0 Å². The average Bonchev–Trinajstić information content (AvgIpc) is 2.74. The third-order valence-corrected chi connectivity index (χ3v) is 3.10. The van der Waals surface area contributed by atoms with E-state index >= 15 is 0 Å². The Morgan fingerprint density at radius 3 is 2.68 bits per heavy atom. The zero-order chi connectivity index (χ0) is 14.3. The van der Waals surface area contributed by atoms with Gasteiger partial charge in [0, 0.05) is 26.7 Å². The molecule has 0 aliphatic carbocycles. The fourth-order valence-electron chi connectivity index (χ4n) is 2.18. The summed E-state index contributed by atoms with van der Waals surface area (Å²) in [5, 5.41) is 6.30. The summed E-state index contributed by atoms with van der Waals surface area (Å²) in [5.41, 5.74) is 0. The van der Waals surface area contributed by atoms with Gasteiger partial charge in [-0.2, -0.15) is 13.2 Å². The zero-order valence-corrected chi connectivity index (χ0v) is 11.6. The molecular formula is C12H23F3N4. The van der Waals surface area contributed by atoms with Gasteiger partial charge in [-0.15, -0.1) is 0 Å². The molecule has 1 heterocycles. The molecule has 0 bridgehead atoms. The smallest absolute Gasteiger partial charge is 0.356 e. The van der Waals surface area contributed by atoms with Gasteiger partial charge in [-0.3, -0.25) is 9.89 Å². The third-order valence-electron chi connectivity index (χ3n) is 3.10. The highest BCUT2D eigenvalue weighted by atomic mass is 19.4. The molecule has 4 nitrogen and oxygen atoms in total. The molecule has 0 saturated carbocycles. The molecule has 2 N–H and O–H groups in total. The number of alkyl halides is 3. The maximum absolute atomic E-state index is 12.3. The molecule has 1 saturated heterocycles. The van der Waals surface area contributed by atoms with Crippen LogP contribution in [0, 0.1) is 5.92 Å². The Morgan fingerprint density at radius 1 is 1.37 bits per heavy atom. The summed E-state index contributed by atoms with van der Waals surface area (Å²) in [6.07, 6.45) is -2.29. The van der Waals surface area contributed by atoms with Crippen molar-refractivity contribution < 1.29 is 13.2 Å². The number of hydrogen-bond donors (Lipinski definition) is 2. The molecule has 19 heavy (non-hydrogen) atoms. The lowest BCUT2D eigenvalue weighted by molar-refractivity contribution is -0.143. The maximum atomic E-state index is 12.3. The van der Waals surface area contributed by atoms with Crippen molar-refractivity contribution in [2.75, 3.05) is 39.8 Å². The Kier molecular flexibility index (Phi) is 6.41. The summed E-state index contributed by atoms with van der Waals surface area (Å²) in [6, 6.07) is 0.